The van der Waals surface area contributed by atoms with Crippen LogP contribution in [-0.2, 0) is 28.7 Å². The zero-order valence-corrected chi connectivity index (χ0v) is 25.9. The number of ketones is 2. The molecule has 0 aromatic carbocycles. The number of esters is 2. The highest BCUT2D eigenvalue weighted by molar-refractivity contribution is 6.24. The molecular formula is C31H46N2O8. The lowest BCUT2D eigenvalue weighted by molar-refractivity contribution is -0.151. The van der Waals surface area contributed by atoms with Crippen molar-refractivity contribution >= 4 is 34.9 Å². The standard InChI is InChI=1S/C31H46N2O8/c1-10-12-18(22-20(34)14-30(4,5)24(26(22)36)28(38)40-8)32-16-17(3)33-19(13-11-2)23-21(35)15-31(6,7)25(27(23)37)29(39)41-9/h17,24-25,36-37H,10-16H2,1-9H3/t17-,24+,25-/m0/s1. The Morgan fingerprint density at radius 1 is 0.829 bits per heavy atom. The number of ether oxygens (including phenoxy) is 2. The third-order valence-corrected chi connectivity index (χ3v) is 7.76. The number of hydrogen-bond acceptors (Lipinski definition) is 10. The number of carbonyl (C=O) groups excluding carboxylic acids is 4. The van der Waals surface area contributed by atoms with Gasteiger partial charge >= 0.3 is 11.9 Å². The van der Waals surface area contributed by atoms with Crippen LogP contribution in [0.25, 0.3) is 0 Å². The highest BCUT2D eigenvalue weighted by Gasteiger charge is 2.49. The van der Waals surface area contributed by atoms with Crippen LogP contribution in [0.1, 0.15) is 87.0 Å². The summed E-state index contributed by atoms with van der Waals surface area (Å²) in [5.74, 6) is -4.45. The largest absolute Gasteiger partial charge is 0.511 e. The van der Waals surface area contributed by atoms with Gasteiger partial charge in [-0.1, -0.05) is 54.4 Å². The van der Waals surface area contributed by atoms with E-state index in [0.717, 1.165) is 0 Å². The zero-order valence-electron chi connectivity index (χ0n) is 25.9. The summed E-state index contributed by atoms with van der Waals surface area (Å²) in [4.78, 5) is 60.8. The first-order valence-electron chi connectivity index (χ1n) is 14.3. The molecule has 2 rings (SSSR count). The molecule has 0 radical (unpaired) electrons. The number of rotatable bonds is 11. The van der Waals surface area contributed by atoms with Gasteiger partial charge in [0.05, 0.1) is 38.0 Å². The van der Waals surface area contributed by atoms with Crippen LogP contribution in [0.4, 0.5) is 0 Å². The number of allylic oxidation sites excluding steroid dienone is 2. The third-order valence-electron chi connectivity index (χ3n) is 7.76. The first kappa shape index (κ1) is 33.9. The molecule has 0 spiro atoms. The molecule has 0 bridgehead atoms. The monoisotopic (exact) mass is 574 g/mol. The summed E-state index contributed by atoms with van der Waals surface area (Å²) in [6.45, 7) is 12.7. The molecule has 0 amide bonds. The van der Waals surface area contributed by atoms with Crippen LogP contribution in [0.2, 0.25) is 0 Å². The first-order valence-corrected chi connectivity index (χ1v) is 14.3. The molecule has 0 unspecified atom stereocenters. The van der Waals surface area contributed by atoms with Crippen LogP contribution in [0.5, 0.6) is 0 Å². The second kappa shape index (κ2) is 13.6. The lowest BCUT2D eigenvalue weighted by Crippen LogP contribution is -2.42. The van der Waals surface area contributed by atoms with Gasteiger partial charge in [-0.3, -0.25) is 29.2 Å². The van der Waals surface area contributed by atoms with Gasteiger partial charge in [0, 0.05) is 24.3 Å². The Hall–Kier alpha value is -3.30. The smallest absolute Gasteiger partial charge is 0.316 e. The topological polar surface area (TPSA) is 152 Å². The van der Waals surface area contributed by atoms with E-state index in [9.17, 15) is 29.4 Å². The fourth-order valence-electron chi connectivity index (χ4n) is 5.80. The van der Waals surface area contributed by atoms with Crippen molar-refractivity contribution in [2.45, 2.75) is 93.0 Å². The molecule has 0 aliphatic heterocycles. The minimum Gasteiger partial charge on any atom is -0.511 e. The van der Waals surface area contributed by atoms with Crippen molar-refractivity contribution in [1.82, 2.24) is 0 Å². The molecule has 2 aliphatic rings. The van der Waals surface area contributed by atoms with E-state index in [4.69, 9.17) is 14.5 Å². The van der Waals surface area contributed by atoms with Crippen molar-refractivity contribution in [2.24, 2.45) is 32.7 Å². The van der Waals surface area contributed by atoms with E-state index in [1.54, 1.807) is 34.6 Å². The molecule has 228 valence electrons. The van der Waals surface area contributed by atoms with Crippen molar-refractivity contribution < 1.29 is 38.9 Å². The van der Waals surface area contributed by atoms with Gasteiger partial charge in [0.1, 0.15) is 23.4 Å². The zero-order chi connectivity index (χ0) is 31.3. The van der Waals surface area contributed by atoms with Crippen molar-refractivity contribution in [3.8, 4) is 0 Å². The van der Waals surface area contributed by atoms with Gasteiger partial charge < -0.3 is 19.7 Å². The van der Waals surface area contributed by atoms with E-state index in [0.29, 0.717) is 37.1 Å². The van der Waals surface area contributed by atoms with E-state index in [1.807, 2.05) is 13.8 Å². The minimum absolute atomic E-state index is 0.0509. The van der Waals surface area contributed by atoms with E-state index in [1.165, 1.54) is 14.2 Å². The highest BCUT2D eigenvalue weighted by atomic mass is 16.5. The van der Waals surface area contributed by atoms with Crippen LogP contribution in [0.15, 0.2) is 32.6 Å². The Balaban J connectivity index is 2.54. The molecule has 2 aliphatic carbocycles. The molecule has 0 aromatic rings. The van der Waals surface area contributed by atoms with Gasteiger partial charge in [0.2, 0.25) is 0 Å². The summed E-state index contributed by atoms with van der Waals surface area (Å²) >= 11 is 0. The fourth-order valence-corrected chi connectivity index (χ4v) is 5.80. The lowest BCUT2D eigenvalue weighted by Gasteiger charge is -2.36. The van der Waals surface area contributed by atoms with Crippen molar-refractivity contribution in [1.29, 1.82) is 0 Å². The third kappa shape index (κ3) is 7.32. The summed E-state index contributed by atoms with van der Waals surface area (Å²) in [6, 6.07) is -0.461. The van der Waals surface area contributed by atoms with E-state index in [-0.39, 0.29) is 53.6 Å². The van der Waals surface area contributed by atoms with Gasteiger partial charge in [-0.15, -0.1) is 0 Å². The molecule has 10 heteroatoms. The molecule has 10 nitrogen and oxygen atoms in total. The summed E-state index contributed by atoms with van der Waals surface area (Å²) < 4.78 is 9.84. The molecule has 0 saturated carbocycles. The summed E-state index contributed by atoms with van der Waals surface area (Å²) in [5.41, 5.74) is -0.751. The second-order valence-corrected chi connectivity index (χ2v) is 12.3. The van der Waals surface area contributed by atoms with Gasteiger partial charge in [0.25, 0.3) is 0 Å². The Kier molecular flexibility index (Phi) is 11.2. The number of aliphatic hydroxyl groups is 2. The molecule has 3 atom stereocenters. The lowest BCUT2D eigenvalue weighted by atomic mass is 9.67. The number of nitrogens with zero attached hydrogens (tertiary/aromatic N) is 2. The van der Waals surface area contributed by atoms with Gasteiger partial charge in [-0.2, -0.15) is 0 Å². The van der Waals surface area contributed by atoms with Crippen LogP contribution in [-0.4, -0.2) is 71.9 Å². The molecule has 0 saturated heterocycles. The SMILES string of the molecule is CCCC(=N[C@@H](C)CN=C(CCC)C1=C(O)[C@H](C(=O)OC)C(C)(C)CC1=O)C1=C(O)[C@@H](C(=O)OC)C(C)(C)CC1=O. The quantitative estimate of drug-likeness (QED) is 0.257. The number of methoxy groups -OCH3 is 2. The van der Waals surface area contributed by atoms with Crippen molar-refractivity contribution in [3.63, 3.8) is 0 Å². The predicted molar refractivity (Wildman–Crippen MR) is 156 cm³/mol. The molecule has 0 heterocycles. The molecule has 41 heavy (non-hydrogen) atoms. The normalized spacial score (nSPS) is 23.9. The fraction of sp³-hybridized carbons (Fsp3) is 0.677. The molecule has 2 N–H and O–H groups in total. The van der Waals surface area contributed by atoms with Crippen LogP contribution >= 0.6 is 0 Å². The minimum atomic E-state index is -0.994. The first-order chi connectivity index (χ1) is 19.1. The van der Waals surface area contributed by atoms with Crippen LogP contribution < -0.4 is 0 Å². The average Bonchev–Trinajstić information content (AvgIpc) is 2.85. The van der Waals surface area contributed by atoms with Gasteiger partial charge in [0.15, 0.2) is 11.6 Å². The maximum Gasteiger partial charge on any atom is 0.316 e. The maximum absolute atomic E-state index is 13.2. The Bertz CT molecular complexity index is 1190. The molecule has 0 aromatic heterocycles. The van der Waals surface area contributed by atoms with Crippen molar-refractivity contribution in [3.05, 3.63) is 22.7 Å². The number of hydrogen-bond donors (Lipinski definition) is 2. The number of aliphatic hydroxyl groups excluding tert-OH is 2. The number of carbonyl (C=O) groups is 4. The summed E-state index contributed by atoms with van der Waals surface area (Å²) in [7, 11) is 2.49. The highest BCUT2D eigenvalue weighted by Crippen LogP contribution is 2.44. The van der Waals surface area contributed by atoms with E-state index >= 15 is 0 Å². The van der Waals surface area contributed by atoms with Crippen LogP contribution in [0.3, 0.4) is 0 Å². The van der Waals surface area contributed by atoms with Gasteiger partial charge in [-0.05, 0) is 30.6 Å². The maximum atomic E-state index is 13.2. The average molecular weight is 575 g/mol. The second-order valence-electron chi connectivity index (χ2n) is 12.3. The molecule has 0 fully saturated rings. The Morgan fingerprint density at radius 3 is 1.61 bits per heavy atom. The van der Waals surface area contributed by atoms with E-state index in [2.05, 4.69) is 4.99 Å². The van der Waals surface area contributed by atoms with E-state index < -0.39 is 40.6 Å². The number of aliphatic imine (C=N–C) groups is 2. The summed E-state index contributed by atoms with van der Waals surface area (Å²) in [6.07, 6.45) is 2.19. The predicted octanol–water partition coefficient (Wildman–Crippen LogP) is 5.06. The number of Topliss-reactive ketones (excluding diaryl/α,β-unsaturated/α-hetero) is 2. The molecular weight excluding hydrogens is 528 g/mol. The summed E-state index contributed by atoms with van der Waals surface area (Å²) in [5, 5.41) is 22.3. The Morgan fingerprint density at radius 2 is 1.22 bits per heavy atom. The van der Waals surface area contributed by atoms with Crippen LogP contribution in [0, 0.1) is 22.7 Å². The Labute approximate surface area is 243 Å². The van der Waals surface area contributed by atoms with Gasteiger partial charge in [-0.25, -0.2) is 0 Å². The van der Waals surface area contributed by atoms with Crippen molar-refractivity contribution in [2.75, 3.05) is 20.8 Å².